The third-order valence-corrected chi connectivity index (χ3v) is 3.49. The molecule has 0 aliphatic heterocycles. The van der Waals surface area contributed by atoms with Crippen molar-refractivity contribution in [3.8, 4) is 0 Å². The molecule has 1 heterocycles. The highest BCUT2D eigenvalue weighted by atomic mass is 32.2. The molecule has 0 aromatic carbocycles. The van der Waals surface area contributed by atoms with E-state index in [0.717, 1.165) is 6.26 Å². The first-order chi connectivity index (χ1) is 8.82. The molecule has 0 amide bonds. The van der Waals surface area contributed by atoms with E-state index in [1.54, 1.807) is 6.92 Å². The van der Waals surface area contributed by atoms with Gasteiger partial charge in [-0.25, -0.2) is 8.42 Å². The minimum Gasteiger partial charge on any atom is -0.466 e. The molecule has 0 saturated carbocycles. The van der Waals surface area contributed by atoms with E-state index >= 15 is 0 Å². The second kappa shape index (κ2) is 6.67. The molecule has 1 atom stereocenters. The Kier molecular flexibility index (Phi) is 5.49. The van der Waals surface area contributed by atoms with Crippen LogP contribution in [0.15, 0.2) is 17.3 Å². The number of ether oxygens (including phenoxy) is 1. The van der Waals surface area contributed by atoms with Crippen molar-refractivity contribution in [1.29, 1.82) is 0 Å². The smallest absolute Gasteiger partial charge is 0.305 e. The zero-order valence-corrected chi connectivity index (χ0v) is 11.8. The Labute approximate surface area is 112 Å². The molecular weight excluding hydrogens is 272 g/mol. The lowest BCUT2D eigenvalue weighted by atomic mass is 10.2. The Hall–Kier alpha value is -1.41. The molecule has 0 bridgehead atoms. The van der Waals surface area contributed by atoms with Crippen molar-refractivity contribution in [2.45, 2.75) is 37.3 Å². The largest absolute Gasteiger partial charge is 0.466 e. The third kappa shape index (κ3) is 5.39. The first-order valence-corrected chi connectivity index (χ1v) is 7.78. The van der Waals surface area contributed by atoms with Crippen LogP contribution in [0, 0.1) is 0 Å². The molecule has 0 aliphatic rings. The highest BCUT2D eigenvalue weighted by molar-refractivity contribution is 7.90. The maximum atomic E-state index is 11.2. The molecule has 1 aromatic rings. The van der Waals surface area contributed by atoms with E-state index in [2.05, 4.69) is 5.10 Å². The van der Waals surface area contributed by atoms with E-state index in [0.29, 0.717) is 6.61 Å². The predicted molar refractivity (Wildman–Crippen MR) is 67.2 cm³/mol. The number of carbonyl (C=O) groups is 1. The number of aliphatic hydroxyl groups excluding tert-OH is 1. The van der Waals surface area contributed by atoms with Crippen molar-refractivity contribution in [2.75, 3.05) is 12.9 Å². The number of nitrogens with zero attached hydrogens (tertiary/aromatic N) is 2. The number of hydrogen-bond acceptors (Lipinski definition) is 6. The summed E-state index contributed by atoms with van der Waals surface area (Å²) in [5, 5.41) is 13.6. The van der Waals surface area contributed by atoms with Gasteiger partial charge < -0.3 is 9.84 Å². The van der Waals surface area contributed by atoms with E-state index in [1.165, 1.54) is 17.1 Å². The van der Waals surface area contributed by atoms with Gasteiger partial charge in [-0.05, 0) is 13.3 Å². The van der Waals surface area contributed by atoms with Crippen LogP contribution in [0.1, 0.15) is 19.8 Å². The maximum absolute atomic E-state index is 11.2. The average molecular weight is 290 g/mol. The van der Waals surface area contributed by atoms with Crippen LogP contribution in [0.4, 0.5) is 0 Å². The molecule has 1 N–H and O–H groups in total. The summed E-state index contributed by atoms with van der Waals surface area (Å²) in [5.41, 5.74) is 0. The van der Waals surface area contributed by atoms with Crippen molar-refractivity contribution in [3.05, 3.63) is 12.4 Å². The first kappa shape index (κ1) is 15.6. The van der Waals surface area contributed by atoms with Crippen LogP contribution >= 0.6 is 0 Å². The summed E-state index contributed by atoms with van der Waals surface area (Å²) < 4.78 is 28.6. The van der Waals surface area contributed by atoms with Crippen molar-refractivity contribution in [1.82, 2.24) is 9.78 Å². The topological polar surface area (TPSA) is 98.5 Å². The molecule has 1 unspecified atom stereocenters. The number of sulfone groups is 1. The average Bonchev–Trinajstić information content (AvgIpc) is 2.75. The summed E-state index contributed by atoms with van der Waals surface area (Å²) in [5.74, 6) is -0.362. The van der Waals surface area contributed by atoms with Crippen LogP contribution in [0.3, 0.4) is 0 Å². The molecule has 1 rings (SSSR count). The standard InChI is InChI=1S/C11H18N2O5S/c1-3-18-11(15)5-4-9(14)7-13-8-10(6-12-13)19(2,16)17/h6,8-9,14H,3-5,7H2,1-2H3. The van der Waals surface area contributed by atoms with Gasteiger partial charge in [-0.2, -0.15) is 5.10 Å². The molecule has 108 valence electrons. The van der Waals surface area contributed by atoms with Gasteiger partial charge in [0.15, 0.2) is 9.84 Å². The summed E-state index contributed by atoms with van der Waals surface area (Å²) in [4.78, 5) is 11.2. The van der Waals surface area contributed by atoms with Crippen LogP contribution in [0.25, 0.3) is 0 Å². The monoisotopic (exact) mass is 290 g/mol. The Bertz CT molecular complexity index is 523. The van der Waals surface area contributed by atoms with Crippen LogP contribution in [0.5, 0.6) is 0 Å². The fraction of sp³-hybridized carbons (Fsp3) is 0.636. The summed E-state index contributed by atoms with van der Waals surface area (Å²) >= 11 is 0. The van der Waals surface area contributed by atoms with Gasteiger partial charge in [0, 0.05) is 18.9 Å². The van der Waals surface area contributed by atoms with Crippen molar-refractivity contribution in [3.63, 3.8) is 0 Å². The predicted octanol–water partition coefficient (Wildman–Crippen LogP) is -0.00920. The fourth-order valence-corrected chi connectivity index (χ4v) is 2.01. The van der Waals surface area contributed by atoms with E-state index in [1.807, 2.05) is 0 Å². The number of aromatic nitrogens is 2. The number of hydrogen-bond donors (Lipinski definition) is 1. The number of aliphatic hydroxyl groups is 1. The summed E-state index contributed by atoms with van der Waals surface area (Å²) in [6.07, 6.45) is 3.25. The van der Waals surface area contributed by atoms with Gasteiger partial charge in [0.1, 0.15) is 4.90 Å². The van der Waals surface area contributed by atoms with Crippen molar-refractivity contribution < 1.29 is 23.1 Å². The molecule has 8 heteroatoms. The number of esters is 1. The molecule has 7 nitrogen and oxygen atoms in total. The van der Waals surface area contributed by atoms with Gasteiger partial charge in [-0.3, -0.25) is 9.48 Å². The normalized spacial score (nSPS) is 13.2. The number of carbonyl (C=O) groups excluding carboxylic acids is 1. The highest BCUT2D eigenvalue weighted by Gasteiger charge is 2.13. The van der Waals surface area contributed by atoms with E-state index in [4.69, 9.17) is 4.74 Å². The lowest BCUT2D eigenvalue weighted by molar-refractivity contribution is -0.143. The zero-order valence-electron chi connectivity index (χ0n) is 10.9. The van der Waals surface area contributed by atoms with E-state index in [9.17, 15) is 18.3 Å². The van der Waals surface area contributed by atoms with Crippen molar-refractivity contribution >= 4 is 15.8 Å². The van der Waals surface area contributed by atoms with Gasteiger partial charge in [0.25, 0.3) is 0 Å². The van der Waals surface area contributed by atoms with Crippen LogP contribution < -0.4 is 0 Å². The first-order valence-electron chi connectivity index (χ1n) is 5.89. The fourth-order valence-electron chi connectivity index (χ4n) is 1.46. The highest BCUT2D eigenvalue weighted by Crippen LogP contribution is 2.08. The second-order valence-corrected chi connectivity index (χ2v) is 6.18. The molecule has 0 aliphatic carbocycles. The van der Waals surface area contributed by atoms with Gasteiger partial charge in [-0.1, -0.05) is 0 Å². The molecular formula is C11H18N2O5S. The van der Waals surface area contributed by atoms with E-state index in [-0.39, 0.29) is 30.3 Å². The second-order valence-electron chi connectivity index (χ2n) is 4.17. The lowest BCUT2D eigenvalue weighted by Crippen LogP contribution is -2.18. The van der Waals surface area contributed by atoms with Gasteiger partial charge in [-0.15, -0.1) is 0 Å². The van der Waals surface area contributed by atoms with Crippen LogP contribution in [0.2, 0.25) is 0 Å². The quantitative estimate of drug-likeness (QED) is 0.709. The van der Waals surface area contributed by atoms with E-state index < -0.39 is 15.9 Å². The minimum absolute atomic E-state index is 0.102. The SMILES string of the molecule is CCOC(=O)CCC(O)Cn1cc(S(C)(=O)=O)cn1. The Morgan fingerprint density at radius 3 is 2.79 bits per heavy atom. The Morgan fingerprint density at radius 2 is 2.26 bits per heavy atom. The summed E-state index contributed by atoms with van der Waals surface area (Å²) in [7, 11) is -3.29. The molecule has 0 radical (unpaired) electrons. The van der Waals surface area contributed by atoms with Crippen molar-refractivity contribution in [2.24, 2.45) is 0 Å². The molecule has 0 saturated heterocycles. The maximum Gasteiger partial charge on any atom is 0.305 e. The van der Waals surface area contributed by atoms with Gasteiger partial charge in [0.2, 0.25) is 0 Å². The number of rotatable bonds is 7. The third-order valence-electron chi connectivity index (χ3n) is 2.42. The summed E-state index contributed by atoms with van der Waals surface area (Å²) in [6.45, 7) is 2.16. The summed E-state index contributed by atoms with van der Waals surface area (Å²) in [6, 6.07) is 0. The minimum atomic E-state index is -3.29. The van der Waals surface area contributed by atoms with Gasteiger partial charge >= 0.3 is 5.97 Å². The molecule has 19 heavy (non-hydrogen) atoms. The molecule has 0 spiro atoms. The van der Waals surface area contributed by atoms with Crippen LogP contribution in [-0.4, -0.2) is 48.2 Å². The van der Waals surface area contributed by atoms with Crippen LogP contribution in [-0.2, 0) is 25.9 Å². The Morgan fingerprint density at radius 1 is 1.58 bits per heavy atom. The Balaban J connectivity index is 2.47. The molecule has 0 fully saturated rings. The molecule has 1 aromatic heterocycles. The van der Waals surface area contributed by atoms with Gasteiger partial charge in [0.05, 0.1) is 25.5 Å². The lowest BCUT2D eigenvalue weighted by Gasteiger charge is -2.09. The zero-order chi connectivity index (χ0) is 14.5.